The quantitative estimate of drug-likeness (QED) is 0.858. The minimum Gasteiger partial charge on any atom is -0.356 e. The molecule has 2 heterocycles. The van der Waals surface area contributed by atoms with E-state index in [9.17, 15) is 14.4 Å². The number of nitrogens with zero attached hydrogens (tertiary/aromatic N) is 3. The lowest BCUT2D eigenvalue weighted by Crippen LogP contribution is -2.44. The Labute approximate surface area is 164 Å². The largest absolute Gasteiger partial charge is 0.356 e. The van der Waals surface area contributed by atoms with Gasteiger partial charge in [0.05, 0.1) is 11.4 Å². The summed E-state index contributed by atoms with van der Waals surface area (Å²) < 4.78 is 1.38. The molecule has 150 valence electrons. The van der Waals surface area contributed by atoms with E-state index < -0.39 is 0 Å². The molecule has 3 rings (SSSR count). The highest BCUT2D eigenvalue weighted by atomic mass is 16.2. The first-order chi connectivity index (χ1) is 13.4. The minimum atomic E-state index is -0.187. The first-order valence-corrected chi connectivity index (χ1v) is 10.0. The number of hydrogen-bond acceptors (Lipinski definition) is 4. The van der Waals surface area contributed by atoms with Gasteiger partial charge in [0.25, 0.3) is 11.5 Å². The predicted octanol–water partition coefficient (Wildman–Crippen LogP) is 2.36. The van der Waals surface area contributed by atoms with Crippen LogP contribution in [-0.2, 0) is 4.79 Å². The summed E-state index contributed by atoms with van der Waals surface area (Å²) >= 11 is 0. The van der Waals surface area contributed by atoms with Crippen LogP contribution in [0.15, 0.2) is 29.1 Å². The Morgan fingerprint density at radius 1 is 1.18 bits per heavy atom. The van der Waals surface area contributed by atoms with E-state index in [1.165, 1.54) is 4.68 Å². The number of carbonyl (C=O) groups is 2. The molecule has 2 amide bonds. The van der Waals surface area contributed by atoms with E-state index in [0.29, 0.717) is 48.9 Å². The number of nitrogens with one attached hydrogen (secondary N) is 1. The Morgan fingerprint density at radius 3 is 2.43 bits per heavy atom. The van der Waals surface area contributed by atoms with Crippen molar-refractivity contribution in [2.75, 3.05) is 19.6 Å². The van der Waals surface area contributed by atoms with Gasteiger partial charge in [-0.25, -0.2) is 4.68 Å². The molecule has 0 unspecified atom stereocenters. The summed E-state index contributed by atoms with van der Waals surface area (Å²) in [7, 11) is 0. The maximum absolute atomic E-state index is 13.2. The molecule has 1 aromatic carbocycles. The van der Waals surface area contributed by atoms with Crippen LogP contribution >= 0.6 is 0 Å². The second kappa shape index (κ2) is 8.54. The molecule has 7 nitrogen and oxygen atoms in total. The van der Waals surface area contributed by atoms with Crippen molar-refractivity contribution in [1.82, 2.24) is 20.0 Å². The van der Waals surface area contributed by atoms with E-state index in [-0.39, 0.29) is 29.3 Å². The molecule has 0 bridgehead atoms. The molecule has 0 atom stereocenters. The Morgan fingerprint density at radius 2 is 1.82 bits per heavy atom. The first kappa shape index (κ1) is 20.0. The van der Waals surface area contributed by atoms with Crippen LogP contribution in [0.5, 0.6) is 0 Å². The maximum Gasteiger partial charge on any atom is 0.274 e. The van der Waals surface area contributed by atoms with Gasteiger partial charge in [-0.2, -0.15) is 5.10 Å². The van der Waals surface area contributed by atoms with Gasteiger partial charge in [0.15, 0.2) is 5.69 Å². The third-order valence-electron chi connectivity index (χ3n) is 5.22. The standard InChI is InChI=1S/C21H28N4O3/c1-4-11-22-19(26)15-9-12-24(13-10-15)21(28)18-16-7-5-6-8-17(16)20(27)25(23-18)14(2)3/h5-8,14-15H,4,9-13H2,1-3H3,(H,22,26). The highest BCUT2D eigenvalue weighted by Gasteiger charge is 2.29. The number of amides is 2. The monoisotopic (exact) mass is 384 g/mol. The van der Waals surface area contributed by atoms with Gasteiger partial charge in [-0.05, 0) is 39.2 Å². The van der Waals surface area contributed by atoms with Crippen molar-refractivity contribution >= 4 is 22.6 Å². The zero-order valence-corrected chi connectivity index (χ0v) is 16.8. The highest BCUT2D eigenvalue weighted by molar-refractivity contribution is 6.04. The van der Waals surface area contributed by atoms with Crippen molar-refractivity contribution in [3.05, 3.63) is 40.3 Å². The van der Waals surface area contributed by atoms with Gasteiger partial charge in [-0.1, -0.05) is 25.1 Å². The van der Waals surface area contributed by atoms with Crippen LogP contribution < -0.4 is 10.9 Å². The Balaban J connectivity index is 1.84. The molecule has 28 heavy (non-hydrogen) atoms. The van der Waals surface area contributed by atoms with Crippen LogP contribution in [-0.4, -0.2) is 46.1 Å². The van der Waals surface area contributed by atoms with E-state index in [2.05, 4.69) is 10.4 Å². The average molecular weight is 384 g/mol. The summed E-state index contributed by atoms with van der Waals surface area (Å²) in [6.07, 6.45) is 2.19. The molecule has 1 aromatic heterocycles. The molecule has 7 heteroatoms. The van der Waals surface area contributed by atoms with Crippen LogP contribution in [0, 0.1) is 5.92 Å². The lowest BCUT2D eigenvalue weighted by molar-refractivity contribution is -0.126. The topological polar surface area (TPSA) is 84.3 Å². The molecule has 0 aliphatic carbocycles. The number of hydrogen-bond donors (Lipinski definition) is 1. The number of piperidine rings is 1. The van der Waals surface area contributed by atoms with Crippen molar-refractivity contribution < 1.29 is 9.59 Å². The Bertz CT molecular complexity index is 927. The third kappa shape index (κ3) is 3.93. The van der Waals surface area contributed by atoms with E-state index in [1.807, 2.05) is 26.8 Å². The average Bonchev–Trinajstić information content (AvgIpc) is 2.72. The Hall–Kier alpha value is -2.70. The van der Waals surface area contributed by atoms with E-state index in [0.717, 1.165) is 6.42 Å². The van der Waals surface area contributed by atoms with Crippen LogP contribution in [0.4, 0.5) is 0 Å². The lowest BCUT2D eigenvalue weighted by atomic mass is 9.95. The molecule has 2 aromatic rings. The summed E-state index contributed by atoms with van der Waals surface area (Å²) in [5.41, 5.74) is 0.117. The van der Waals surface area contributed by atoms with E-state index in [1.54, 1.807) is 23.1 Å². The van der Waals surface area contributed by atoms with Crippen molar-refractivity contribution in [3.63, 3.8) is 0 Å². The number of fused-ring (bicyclic) bond motifs is 1. The fraction of sp³-hybridized carbons (Fsp3) is 0.524. The van der Waals surface area contributed by atoms with Gasteiger partial charge in [0, 0.05) is 30.9 Å². The summed E-state index contributed by atoms with van der Waals surface area (Å²) in [5, 5.41) is 8.42. The van der Waals surface area contributed by atoms with Gasteiger partial charge >= 0.3 is 0 Å². The molecule has 1 N–H and O–H groups in total. The summed E-state index contributed by atoms with van der Waals surface area (Å²) in [6, 6.07) is 6.97. The predicted molar refractivity (Wildman–Crippen MR) is 108 cm³/mol. The zero-order chi connectivity index (χ0) is 20.3. The lowest BCUT2D eigenvalue weighted by Gasteiger charge is -2.31. The van der Waals surface area contributed by atoms with Crippen LogP contribution in [0.3, 0.4) is 0 Å². The molecule has 1 aliphatic rings. The molecule has 0 saturated carbocycles. The summed E-state index contributed by atoms with van der Waals surface area (Å²) in [5.74, 6) is -0.159. The number of aromatic nitrogens is 2. The van der Waals surface area contributed by atoms with Gasteiger partial charge in [-0.3, -0.25) is 14.4 Å². The number of rotatable bonds is 5. The summed E-state index contributed by atoms with van der Waals surface area (Å²) in [4.78, 5) is 39.8. The fourth-order valence-electron chi connectivity index (χ4n) is 3.60. The van der Waals surface area contributed by atoms with Gasteiger partial charge < -0.3 is 10.2 Å². The van der Waals surface area contributed by atoms with E-state index >= 15 is 0 Å². The van der Waals surface area contributed by atoms with Crippen LogP contribution in [0.1, 0.15) is 56.6 Å². The smallest absolute Gasteiger partial charge is 0.274 e. The fourth-order valence-corrected chi connectivity index (χ4v) is 3.60. The maximum atomic E-state index is 13.2. The minimum absolute atomic E-state index is 0.0510. The second-order valence-corrected chi connectivity index (χ2v) is 7.60. The molecular formula is C21H28N4O3. The number of carbonyl (C=O) groups excluding carboxylic acids is 2. The number of benzene rings is 1. The zero-order valence-electron chi connectivity index (χ0n) is 16.8. The van der Waals surface area contributed by atoms with Crippen LogP contribution in [0.25, 0.3) is 10.8 Å². The van der Waals surface area contributed by atoms with Crippen molar-refractivity contribution in [3.8, 4) is 0 Å². The van der Waals surface area contributed by atoms with Crippen molar-refractivity contribution in [1.29, 1.82) is 0 Å². The van der Waals surface area contributed by atoms with Crippen LogP contribution in [0.2, 0.25) is 0 Å². The van der Waals surface area contributed by atoms with Gasteiger partial charge in [-0.15, -0.1) is 0 Å². The van der Waals surface area contributed by atoms with E-state index in [4.69, 9.17) is 0 Å². The second-order valence-electron chi connectivity index (χ2n) is 7.60. The first-order valence-electron chi connectivity index (χ1n) is 10.0. The summed E-state index contributed by atoms with van der Waals surface area (Å²) in [6.45, 7) is 7.48. The molecule has 0 radical (unpaired) electrons. The number of likely N-dealkylation sites (tertiary alicyclic amines) is 1. The van der Waals surface area contributed by atoms with Gasteiger partial charge in [0.2, 0.25) is 5.91 Å². The SMILES string of the molecule is CCCNC(=O)C1CCN(C(=O)c2nn(C(C)C)c(=O)c3ccccc23)CC1. The van der Waals surface area contributed by atoms with Gasteiger partial charge in [0.1, 0.15) is 0 Å². The molecule has 1 aliphatic heterocycles. The highest BCUT2D eigenvalue weighted by Crippen LogP contribution is 2.22. The molecule has 1 saturated heterocycles. The normalized spacial score (nSPS) is 15.2. The third-order valence-corrected chi connectivity index (χ3v) is 5.22. The Kier molecular flexibility index (Phi) is 6.11. The molecule has 0 spiro atoms. The molecule has 1 fully saturated rings. The molecular weight excluding hydrogens is 356 g/mol. The van der Waals surface area contributed by atoms with Crippen molar-refractivity contribution in [2.45, 2.75) is 46.1 Å². The van der Waals surface area contributed by atoms with Crippen molar-refractivity contribution in [2.24, 2.45) is 5.92 Å².